The number of aryl methyl sites for hydroxylation is 2. The van der Waals surface area contributed by atoms with Crippen LogP contribution < -0.4 is 5.73 Å². The molecule has 2 N–H and O–H groups in total. The summed E-state index contributed by atoms with van der Waals surface area (Å²) in [6, 6.07) is 1.72. The van der Waals surface area contributed by atoms with Crippen molar-refractivity contribution in [2.24, 2.45) is 0 Å². The van der Waals surface area contributed by atoms with Gasteiger partial charge in [0, 0.05) is 21.8 Å². The van der Waals surface area contributed by atoms with Crippen molar-refractivity contribution in [3.8, 4) is 11.3 Å². The predicted molar refractivity (Wildman–Crippen MR) is 70.2 cm³/mol. The summed E-state index contributed by atoms with van der Waals surface area (Å²) in [6.45, 7) is 4.21. The molecular formula is C12H14F3N3S. The van der Waals surface area contributed by atoms with Crippen molar-refractivity contribution >= 4 is 16.5 Å². The molecule has 0 saturated heterocycles. The van der Waals surface area contributed by atoms with Crippen molar-refractivity contribution < 1.29 is 13.2 Å². The molecule has 0 radical (unpaired) electrons. The normalized spacial score (nSPS) is 12.1. The fourth-order valence-corrected chi connectivity index (χ4v) is 2.83. The monoisotopic (exact) mass is 289 g/mol. The Morgan fingerprint density at radius 1 is 1.32 bits per heavy atom. The molecule has 0 unspecified atom stereocenters. The highest BCUT2D eigenvalue weighted by atomic mass is 32.1. The van der Waals surface area contributed by atoms with Gasteiger partial charge < -0.3 is 10.3 Å². The van der Waals surface area contributed by atoms with Gasteiger partial charge in [-0.3, -0.25) is 0 Å². The first-order chi connectivity index (χ1) is 8.69. The lowest BCUT2D eigenvalue weighted by Gasteiger charge is -2.12. The minimum Gasteiger partial charge on any atom is -0.375 e. The molecule has 0 aliphatic heterocycles. The Morgan fingerprint density at radius 2 is 1.95 bits per heavy atom. The molecule has 0 fully saturated rings. The van der Waals surface area contributed by atoms with Crippen LogP contribution in [-0.4, -0.2) is 15.7 Å². The Hall–Kier alpha value is -1.50. The third kappa shape index (κ3) is 2.75. The lowest BCUT2D eigenvalue weighted by atomic mass is 10.1. The number of thiazole rings is 1. The predicted octanol–water partition coefficient (Wildman–Crippen LogP) is 3.68. The number of anilines is 1. The number of halogens is 3. The standard InChI is InChI=1S/C12H14F3N3S/c1-6-4-9(10-8(3)19-11(16)17-10)7(2)18(6)5-12(13,14)15/h4H,5H2,1-3H3,(H2,16,17). The van der Waals surface area contributed by atoms with E-state index in [1.165, 1.54) is 15.9 Å². The summed E-state index contributed by atoms with van der Waals surface area (Å²) in [5.41, 5.74) is 8.14. The summed E-state index contributed by atoms with van der Waals surface area (Å²) < 4.78 is 38.9. The maximum absolute atomic E-state index is 12.5. The van der Waals surface area contributed by atoms with Crippen LogP contribution in [0.4, 0.5) is 18.3 Å². The number of aromatic nitrogens is 2. The summed E-state index contributed by atoms with van der Waals surface area (Å²) in [4.78, 5) is 5.10. The van der Waals surface area contributed by atoms with Crippen LogP contribution in [0.2, 0.25) is 0 Å². The van der Waals surface area contributed by atoms with Crippen LogP contribution in [0.25, 0.3) is 11.3 Å². The van der Waals surface area contributed by atoms with Gasteiger partial charge in [-0.1, -0.05) is 0 Å². The maximum atomic E-state index is 12.5. The summed E-state index contributed by atoms with van der Waals surface area (Å²) in [5.74, 6) is 0. The van der Waals surface area contributed by atoms with E-state index in [-0.39, 0.29) is 0 Å². The number of nitrogens with two attached hydrogens (primary N) is 1. The van der Waals surface area contributed by atoms with E-state index in [0.29, 0.717) is 27.8 Å². The largest absolute Gasteiger partial charge is 0.406 e. The highest BCUT2D eigenvalue weighted by Crippen LogP contribution is 2.33. The van der Waals surface area contributed by atoms with Gasteiger partial charge in [0.2, 0.25) is 0 Å². The van der Waals surface area contributed by atoms with E-state index in [1.54, 1.807) is 19.9 Å². The van der Waals surface area contributed by atoms with E-state index in [1.807, 2.05) is 6.92 Å². The molecule has 3 nitrogen and oxygen atoms in total. The molecule has 0 aromatic carbocycles. The van der Waals surface area contributed by atoms with Crippen molar-refractivity contribution in [1.29, 1.82) is 0 Å². The van der Waals surface area contributed by atoms with Gasteiger partial charge in [-0.2, -0.15) is 13.2 Å². The number of alkyl halides is 3. The van der Waals surface area contributed by atoms with Crippen molar-refractivity contribution in [2.75, 3.05) is 5.73 Å². The Kier molecular flexibility index (Phi) is 3.34. The zero-order valence-electron chi connectivity index (χ0n) is 10.8. The van der Waals surface area contributed by atoms with Gasteiger partial charge in [0.1, 0.15) is 6.54 Å². The molecule has 2 aromatic heterocycles. The first kappa shape index (κ1) is 13.9. The smallest absolute Gasteiger partial charge is 0.375 e. The van der Waals surface area contributed by atoms with Gasteiger partial charge in [0.25, 0.3) is 0 Å². The Morgan fingerprint density at radius 3 is 2.42 bits per heavy atom. The summed E-state index contributed by atoms with van der Waals surface area (Å²) in [7, 11) is 0. The number of nitrogen functional groups attached to an aromatic ring is 1. The van der Waals surface area contributed by atoms with Gasteiger partial charge in [0.05, 0.1) is 5.69 Å². The molecule has 2 aromatic rings. The van der Waals surface area contributed by atoms with E-state index in [0.717, 1.165) is 4.88 Å². The first-order valence-corrected chi connectivity index (χ1v) is 6.47. The second kappa shape index (κ2) is 4.56. The summed E-state index contributed by atoms with van der Waals surface area (Å²) in [6.07, 6.45) is -4.23. The van der Waals surface area contributed by atoms with Crippen molar-refractivity contribution in [1.82, 2.24) is 9.55 Å². The third-order valence-corrected chi connectivity index (χ3v) is 3.78. The van der Waals surface area contributed by atoms with E-state index in [9.17, 15) is 13.2 Å². The van der Waals surface area contributed by atoms with Crippen LogP contribution in [0.15, 0.2) is 6.07 Å². The molecule has 0 atom stereocenters. The second-order valence-electron chi connectivity index (χ2n) is 4.44. The van der Waals surface area contributed by atoms with Crippen LogP contribution in [0.3, 0.4) is 0 Å². The van der Waals surface area contributed by atoms with Gasteiger partial charge in [0.15, 0.2) is 5.13 Å². The quantitative estimate of drug-likeness (QED) is 0.916. The molecule has 2 heterocycles. The summed E-state index contributed by atoms with van der Waals surface area (Å²) >= 11 is 1.34. The molecule has 0 spiro atoms. The molecule has 2 rings (SSSR count). The van der Waals surface area contributed by atoms with Crippen LogP contribution in [0, 0.1) is 20.8 Å². The average Bonchev–Trinajstić information content (AvgIpc) is 2.71. The van der Waals surface area contributed by atoms with E-state index < -0.39 is 12.7 Å². The fraction of sp³-hybridized carbons (Fsp3) is 0.417. The molecule has 0 aliphatic carbocycles. The lowest BCUT2D eigenvalue weighted by Crippen LogP contribution is -2.19. The molecular weight excluding hydrogens is 275 g/mol. The zero-order valence-corrected chi connectivity index (χ0v) is 11.6. The fourth-order valence-electron chi connectivity index (χ4n) is 2.13. The van der Waals surface area contributed by atoms with Crippen molar-refractivity contribution in [2.45, 2.75) is 33.5 Å². The molecule has 104 valence electrons. The van der Waals surface area contributed by atoms with Crippen molar-refractivity contribution in [3.63, 3.8) is 0 Å². The number of hydrogen-bond donors (Lipinski definition) is 1. The zero-order chi connectivity index (χ0) is 14.4. The van der Waals surface area contributed by atoms with Crippen LogP contribution in [0.1, 0.15) is 16.3 Å². The Bertz CT molecular complexity index is 610. The van der Waals surface area contributed by atoms with Crippen LogP contribution in [-0.2, 0) is 6.54 Å². The topological polar surface area (TPSA) is 43.8 Å². The van der Waals surface area contributed by atoms with Crippen LogP contribution in [0.5, 0.6) is 0 Å². The average molecular weight is 289 g/mol. The minimum atomic E-state index is -4.23. The SMILES string of the molecule is Cc1sc(N)nc1-c1cc(C)n(CC(F)(F)F)c1C. The Labute approximate surface area is 112 Å². The van der Waals surface area contributed by atoms with E-state index >= 15 is 0 Å². The molecule has 7 heteroatoms. The van der Waals surface area contributed by atoms with Gasteiger partial charge in [-0.25, -0.2) is 4.98 Å². The van der Waals surface area contributed by atoms with Crippen molar-refractivity contribution in [3.05, 3.63) is 22.3 Å². The molecule has 0 saturated carbocycles. The molecule has 0 amide bonds. The number of nitrogens with zero attached hydrogens (tertiary/aromatic N) is 2. The highest BCUT2D eigenvalue weighted by molar-refractivity contribution is 7.15. The Balaban J connectivity index is 2.50. The molecule has 0 aliphatic rings. The number of rotatable bonds is 2. The minimum absolute atomic E-state index is 0.424. The molecule has 19 heavy (non-hydrogen) atoms. The van der Waals surface area contributed by atoms with E-state index in [4.69, 9.17) is 5.73 Å². The second-order valence-corrected chi connectivity index (χ2v) is 5.68. The maximum Gasteiger partial charge on any atom is 0.406 e. The van der Waals surface area contributed by atoms with Gasteiger partial charge in [-0.15, -0.1) is 11.3 Å². The summed E-state index contributed by atoms with van der Waals surface area (Å²) in [5, 5.41) is 0.424. The van der Waals surface area contributed by atoms with Gasteiger partial charge in [-0.05, 0) is 26.8 Å². The van der Waals surface area contributed by atoms with Gasteiger partial charge >= 0.3 is 6.18 Å². The van der Waals surface area contributed by atoms with Crippen LogP contribution >= 0.6 is 11.3 Å². The highest BCUT2D eigenvalue weighted by Gasteiger charge is 2.30. The molecule has 0 bridgehead atoms. The lowest BCUT2D eigenvalue weighted by molar-refractivity contribution is -0.141. The third-order valence-electron chi connectivity index (χ3n) is 2.98. The van der Waals surface area contributed by atoms with E-state index in [2.05, 4.69) is 4.98 Å². The number of hydrogen-bond acceptors (Lipinski definition) is 3. The first-order valence-electron chi connectivity index (χ1n) is 5.66.